The van der Waals surface area contributed by atoms with Crippen LogP contribution >= 0.6 is 12.4 Å². The lowest BCUT2D eigenvalue weighted by Crippen LogP contribution is -2.54. The summed E-state index contributed by atoms with van der Waals surface area (Å²) in [6.45, 7) is 1.58. The third-order valence-electron chi connectivity index (χ3n) is 5.25. The molecule has 0 aromatic heterocycles. The van der Waals surface area contributed by atoms with Gasteiger partial charge in [-0.25, -0.2) is 0 Å². The fourth-order valence-corrected chi connectivity index (χ4v) is 3.66. The van der Waals surface area contributed by atoms with Gasteiger partial charge in [0.15, 0.2) is 0 Å². The van der Waals surface area contributed by atoms with Gasteiger partial charge in [0.05, 0.1) is 17.7 Å². The predicted octanol–water partition coefficient (Wildman–Crippen LogP) is 2.06. The van der Waals surface area contributed by atoms with Crippen molar-refractivity contribution in [1.29, 1.82) is 0 Å². The molecule has 4 amide bonds. The van der Waals surface area contributed by atoms with Gasteiger partial charge in [0.2, 0.25) is 11.8 Å². The highest BCUT2D eigenvalue weighted by molar-refractivity contribution is 6.23. The monoisotopic (exact) mass is 437 g/mol. The van der Waals surface area contributed by atoms with Crippen molar-refractivity contribution in [3.63, 3.8) is 0 Å². The van der Waals surface area contributed by atoms with E-state index < -0.39 is 23.8 Å². The average molecular weight is 438 g/mol. The van der Waals surface area contributed by atoms with Crippen molar-refractivity contribution in [2.24, 2.45) is 0 Å². The number of unbranched alkanes of at least 4 members (excludes halogenated alkanes) is 4. The number of nitrogens with zero attached hydrogens (tertiary/aromatic N) is 1. The molecule has 2 heterocycles. The van der Waals surface area contributed by atoms with Crippen LogP contribution in [0.3, 0.4) is 0 Å². The lowest BCUT2D eigenvalue weighted by molar-refractivity contribution is -0.136. The smallest absolute Gasteiger partial charge is 0.262 e. The maximum atomic E-state index is 12.8. The number of halogens is 1. The average Bonchev–Trinajstić information content (AvgIpc) is 2.94. The zero-order valence-corrected chi connectivity index (χ0v) is 17.9. The summed E-state index contributed by atoms with van der Waals surface area (Å²) < 4.78 is 5.74. The molecular weight excluding hydrogens is 410 g/mol. The highest BCUT2D eigenvalue weighted by Gasteiger charge is 2.44. The topological polar surface area (TPSA) is 105 Å². The lowest BCUT2D eigenvalue weighted by atomic mass is 10.0. The second kappa shape index (κ2) is 11.1. The first kappa shape index (κ1) is 23.8. The summed E-state index contributed by atoms with van der Waals surface area (Å²) in [6.07, 6.45) is 5.76. The van der Waals surface area contributed by atoms with Gasteiger partial charge in [-0.3, -0.25) is 29.4 Å². The zero-order valence-electron chi connectivity index (χ0n) is 17.1. The Kier molecular flexibility index (Phi) is 8.80. The van der Waals surface area contributed by atoms with E-state index in [2.05, 4.69) is 10.6 Å². The number of nitrogens with one attached hydrogen (secondary N) is 2. The van der Waals surface area contributed by atoms with Gasteiger partial charge in [-0.05, 0) is 51.1 Å². The highest BCUT2D eigenvalue weighted by Crippen LogP contribution is 2.30. The second-order valence-corrected chi connectivity index (χ2v) is 7.37. The van der Waals surface area contributed by atoms with Crippen LogP contribution in [-0.4, -0.2) is 54.8 Å². The van der Waals surface area contributed by atoms with Gasteiger partial charge in [0, 0.05) is 6.42 Å². The van der Waals surface area contributed by atoms with Gasteiger partial charge in [-0.15, -0.1) is 12.4 Å². The number of carbonyl (C=O) groups is 4. The Balaban J connectivity index is 0.00000320. The van der Waals surface area contributed by atoms with E-state index in [1.54, 1.807) is 18.2 Å². The SMILES string of the molecule is CNCCCCCCCOc1ccc2c(c1)C(=O)N(C1CCC(=O)NC1=O)C2=O.Cl. The molecule has 8 nitrogen and oxygen atoms in total. The molecule has 3 rings (SSSR count). The standard InChI is InChI=1S/C21H27N3O5.ClH/c1-22-11-5-3-2-4-6-12-29-14-7-8-15-16(13-14)21(28)24(20(15)27)17-9-10-18(25)23-19(17)26;/h7-8,13,17,22H,2-6,9-12H2,1H3,(H,23,25,26);1H. The first-order valence-corrected chi connectivity index (χ1v) is 10.2. The molecule has 1 unspecified atom stereocenters. The van der Waals surface area contributed by atoms with Crippen molar-refractivity contribution in [3.05, 3.63) is 29.3 Å². The Labute approximate surface area is 182 Å². The molecule has 0 saturated carbocycles. The Morgan fingerprint density at radius 1 is 1.03 bits per heavy atom. The first-order chi connectivity index (χ1) is 14.0. The van der Waals surface area contributed by atoms with Crippen LogP contribution < -0.4 is 15.4 Å². The third-order valence-corrected chi connectivity index (χ3v) is 5.25. The molecule has 9 heteroatoms. The molecule has 1 aromatic carbocycles. The van der Waals surface area contributed by atoms with Crippen LogP contribution in [0.25, 0.3) is 0 Å². The maximum absolute atomic E-state index is 12.8. The number of hydrogen-bond acceptors (Lipinski definition) is 6. The Morgan fingerprint density at radius 2 is 1.73 bits per heavy atom. The van der Waals surface area contributed by atoms with Crippen molar-refractivity contribution < 1.29 is 23.9 Å². The quantitative estimate of drug-likeness (QED) is 0.429. The van der Waals surface area contributed by atoms with Crippen molar-refractivity contribution in [2.75, 3.05) is 20.2 Å². The minimum Gasteiger partial charge on any atom is -0.494 e. The van der Waals surface area contributed by atoms with E-state index in [9.17, 15) is 19.2 Å². The summed E-state index contributed by atoms with van der Waals surface area (Å²) in [5.74, 6) is -1.49. The summed E-state index contributed by atoms with van der Waals surface area (Å²) in [5, 5.41) is 5.32. The van der Waals surface area contributed by atoms with Crippen LogP contribution in [0.2, 0.25) is 0 Å². The molecule has 2 aliphatic rings. The molecule has 1 fully saturated rings. The molecular formula is C21H28ClN3O5. The molecule has 1 atom stereocenters. The summed E-state index contributed by atoms with van der Waals surface area (Å²) >= 11 is 0. The van der Waals surface area contributed by atoms with Crippen LogP contribution in [0.4, 0.5) is 0 Å². The minimum absolute atomic E-state index is 0. The van der Waals surface area contributed by atoms with E-state index in [4.69, 9.17) is 4.74 Å². The molecule has 1 saturated heterocycles. The number of imide groups is 2. The summed E-state index contributed by atoms with van der Waals surface area (Å²) in [4.78, 5) is 49.8. The Bertz CT molecular complexity index is 814. The summed E-state index contributed by atoms with van der Waals surface area (Å²) in [7, 11) is 1.95. The molecule has 164 valence electrons. The number of piperidine rings is 1. The lowest BCUT2D eigenvalue weighted by Gasteiger charge is -2.27. The number of amides is 4. The van der Waals surface area contributed by atoms with Crippen molar-refractivity contribution in [2.45, 2.75) is 51.0 Å². The van der Waals surface area contributed by atoms with Gasteiger partial charge in [0.25, 0.3) is 11.8 Å². The van der Waals surface area contributed by atoms with Gasteiger partial charge < -0.3 is 10.1 Å². The van der Waals surface area contributed by atoms with Crippen molar-refractivity contribution in [3.8, 4) is 5.75 Å². The molecule has 2 aliphatic heterocycles. The van der Waals surface area contributed by atoms with E-state index >= 15 is 0 Å². The Morgan fingerprint density at radius 3 is 2.47 bits per heavy atom. The van der Waals surface area contributed by atoms with E-state index in [1.807, 2.05) is 7.05 Å². The zero-order chi connectivity index (χ0) is 20.8. The van der Waals surface area contributed by atoms with Gasteiger partial charge in [-0.2, -0.15) is 0 Å². The van der Waals surface area contributed by atoms with Crippen molar-refractivity contribution >= 4 is 36.0 Å². The molecule has 1 aromatic rings. The molecule has 0 aliphatic carbocycles. The number of hydrogen-bond donors (Lipinski definition) is 2. The van der Waals surface area contributed by atoms with Gasteiger partial charge in [-0.1, -0.05) is 19.3 Å². The molecule has 30 heavy (non-hydrogen) atoms. The summed E-state index contributed by atoms with van der Waals surface area (Å²) in [5.41, 5.74) is 0.501. The number of ether oxygens (including phenoxy) is 1. The largest absolute Gasteiger partial charge is 0.494 e. The highest BCUT2D eigenvalue weighted by atomic mass is 35.5. The summed E-state index contributed by atoms with van der Waals surface area (Å²) in [6, 6.07) is 3.85. The first-order valence-electron chi connectivity index (χ1n) is 10.2. The molecule has 0 bridgehead atoms. The normalized spacial score (nSPS) is 18.2. The van der Waals surface area contributed by atoms with Crippen LogP contribution in [0.1, 0.15) is 65.7 Å². The Hall–Kier alpha value is -2.45. The van der Waals surface area contributed by atoms with Crippen LogP contribution in [-0.2, 0) is 9.59 Å². The molecule has 0 spiro atoms. The number of fused-ring (bicyclic) bond motifs is 1. The number of rotatable bonds is 10. The van der Waals surface area contributed by atoms with Gasteiger partial charge in [0.1, 0.15) is 11.8 Å². The maximum Gasteiger partial charge on any atom is 0.262 e. The van der Waals surface area contributed by atoms with Crippen LogP contribution in [0, 0.1) is 0 Å². The molecule has 2 N–H and O–H groups in total. The second-order valence-electron chi connectivity index (χ2n) is 7.37. The predicted molar refractivity (Wildman–Crippen MR) is 113 cm³/mol. The van der Waals surface area contributed by atoms with Gasteiger partial charge >= 0.3 is 0 Å². The third kappa shape index (κ3) is 5.37. The molecule has 0 radical (unpaired) electrons. The number of benzene rings is 1. The van der Waals surface area contributed by atoms with E-state index in [-0.39, 0.29) is 42.3 Å². The minimum atomic E-state index is -0.952. The number of carbonyl (C=O) groups excluding carboxylic acids is 4. The fourth-order valence-electron chi connectivity index (χ4n) is 3.66. The van der Waals surface area contributed by atoms with Crippen LogP contribution in [0.5, 0.6) is 5.75 Å². The van der Waals surface area contributed by atoms with Crippen molar-refractivity contribution in [1.82, 2.24) is 15.5 Å². The van der Waals surface area contributed by atoms with E-state index in [0.717, 1.165) is 30.7 Å². The van der Waals surface area contributed by atoms with E-state index in [1.165, 1.54) is 12.8 Å². The van der Waals surface area contributed by atoms with Crippen LogP contribution in [0.15, 0.2) is 18.2 Å². The fraction of sp³-hybridized carbons (Fsp3) is 0.524. The van der Waals surface area contributed by atoms with E-state index in [0.29, 0.717) is 12.4 Å².